The average Bonchev–Trinajstić information content (AvgIpc) is 2.35. The van der Waals surface area contributed by atoms with Crippen LogP contribution in [0.1, 0.15) is 56.8 Å². The van der Waals surface area contributed by atoms with E-state index in [9.17, 15) is 4.79 Å². The van der Waals surface area contributed by atoms with Gasteiger partial charge in [0.2, 0.25) is 0 Å². The van der Waals surface area contributed by atoms with E-state index < -0.39 is 0 Å². The van der Waals surface area contributed by atoms with Crippen molar-refractivity contribution >= 4 is 27.5 Å². The van der Waals surface area contributed by atoms with Gasteiger partial charge in [-0.1, -0.05) is 56.0 Å². The zero-order valence-corrected chi connectivity index (χ0v) is 14.2. The van der Waals surface area contributed by atoms with E-state index in [1.807, 2.05) is 0 Å². The number of nitrogen functional groups attached to an aromatic ring is 1. The average molecular weight is 341 g/mol. The number of nitrogens with one attached hydrogen (secondary N) is 1. The van der Waals surface area contributed by atoms with Gasteiger partial charge in [0.05, 0.1) is 0 Å². The Morgan fingerprint density at radius 2 is 2.00 bits per heavy atom. The molecule has 1 rings (SSSR count). The molecule has 112 valence electrons. The number of carbonyl (C=O) groups is 1. The molecule has 0 atom stereocenters. The Labute approximate surface area is 130 Å². The van der Waals surface area contributed by atoms with Crippen molar-refractivity contribution in [2.75, 3.05) is 12.3 Å². The van der Waals surface area contributed by atoms with E-state index in [0.717, 1.165) is 10.9 Å². The van der Waals surface area contributed by atoms with E-state index in [4.69, 9.17) is 5.73 Å². The zero-order valence-electron chi connectivity index (χ0n) is 12.6. The molecule has 0 spiro atoms. The third-order valence-electron chi connectivity index (χ3n) is 3.37. The fourth-order valence-electron chi connectivity index (χ4n) is 2.11. The number of anilines is 1. The lowest BCUT2D eigenvalue weighted by Gasteiger charge is -2.25. The van der Waals surface area contributed by atoms with Crippen LogP contribution in [0.5, 0.6) is 0 Å². The minimum Gasteiger partial charge on any atom is -0.399 e. The maximum absolute atomic E-state index is 12.1. The molecular formula is C16H25BrN2O. The fourth-order valence-corrected chi connectivity index (χ4v) is 2.62. The van der Waals surface area contributed by atoms with Crippen LogP contribution in [0.4, 0.5) is 5.69 Å². The summed E-state index contributed by atoms with van der Waals surface area (Å²) in [5.74, 6) is -0.0680. The van der Waals surface area contributed by atoms with Crippen molar-refractivity contribution in [3.8, 4) is 0 Å². The first-order valence-electron chi connectivity index (χ1n) is 7.18. The summed E-state index contributed by atoms with van der Waals surface area (Å²) in [4.78, 5) is 12.1. The summed E-state index contributed by atoms with van der Waals surface area (Å²) in [5.41, 5.74) is 7.07. The lowest BCUT2D eigenvalue weighted by atomic mass is 9.87. The molecule has 0 unspecified atom stereocenters. The molecule has 0 bridgehead atoms. The van der Waals surface area contributed by atoms with E-state index in [-0.39, 0.29) is 11.3 Å². The van der Waals surface area contributed by atoms with Gasteiger partial charge in [0.15, 0.2) is 0 Å². The van der Waals surface area contributed by atoms with Crippen molar-refractivity contribution < 1.29 is 4.79 Å². The quantitative estimate of drug-likeness (QED) is 0.572. The summed E-state index contributed by atoms with van der Waals surface area (Å²) in [5, 5.41) is 3.01. The maximum Gasteiger partial charge on any atom is 0.251 e. The minimum absolute atomic E-state index is 0.0680. The van der Waals surface area contributed by atoms with Crippen LogP contribution in [0.25, 0.3) is 0 Å². The van der Waals surface area contributed by atoms with Crippen LogP contribution in [0.3, 0.4) is 0 Å². The predicted octanol–water partition coefficient (Wildman–Crippen LogP) is 4.37. The molecule has 0 fully saturated rings. The van der Waals surface area contributed by atoms with Gasteiger partial charge >= 0.3 is 0 Å². The van der Waals surface area contributed by atoms with Crippen molar-refractivity contribution in [2.45, 2.75) is 46.5 Å². The Kier molecular flexibility index (Phi) is 6.53. The lowest BCUT2D eigenvalue weighted by molar-refractivity contribution is 0.0934. The number of hydrogen-bond donors (Lipinski definition) is 2. The Hall–Kier alpha value is -1.03. The monoisotopic (exact) mass is 340 g/mol. The van der Waals surface area contributed by atoms with E-state index in [1.165, 1.54) is 19.3 Å². The van der Waals surface area contributed by atoms with Crippen molar-refractivity contribution in [1.29, 1.82) is 0 Å². The van der Waals surface area contributed by atoms with E-state index in [0.29, 0.717) is 17.8 Å². The summed E-state index contributed by atoms with van der Waals surface area (Å²) in [6, 6.07) is 5.27. The first kappa shape index (κ1) is 17.0. The second kappa shape index (κ2) is 7.67. The molecule has 0 aliphatic carbocycles. The highest BCUT2D eigenvalue weighted by atomic mass is 79.9. The smallest absolute Gasteiger partial charge is 0.251 e. The Bertz CT molecular complexity index is 438. The van der Waals surface area contributed by atoms with E-state index >= 15 is 0 Å². The summed E-state index contributed by atoms with van der Waals surface area (Å²) in [7, 11) is 0. The molecule has 1 amide bonds. The van der Waals surface area contributed by atoms with Crippen LogP contribution >= 0.6 is 15.9 Å². The SMILES string of the molecule is CCCCCC(C)(C)CNC(=O)c1cc(N)cc(Br)c1. The molecule has 0 saturated carbocycles. The molecule has 0 aliphatic heterocycles. The molecule has 0 radical (unpaired) electrons. The lowest BCUT2D eigenvalue weighted by Crippen LogP contribution is -2.34. The third-order valence-corrected chi connectivity index (χ3v) is 3.82. The van der Waals surface area contributed by atoms with Gasteiger partial charge in [0.1, 0.15) is 0 Å². The van der Waals surface area contributed by atoms with E-state index in [1.54, 1.807) is 18.2 Å². The van der Waals surface area contributed by atoms with Crippen LogP contribution in [-0.4, -0.2) is 12.5 Å². The molecule has 1 aromatic carbocycles. The van der Waals surface area contributed by atoms with Gasteiger partial charge in [-0.25, -0.2) is 0 Å². The summed E-state index contributed by atoms with van der Waals surface area (Å²) in [6.07, 6.45) is 4.81. The van der Waals surface area contributed by atoms with Crippen molar-refractivity contribution in [3.63, 3.8) is 0 Å². The van der Waals surface area contributed by atoms with E-state index in [2.05, 4.69) is 42.0 Å². The summed E-state index contributed by atoms with van der Waals surface area (Å²) < 4.78 is 0.824. The molecule has 0 saturated heterocycles. The number of hydrogen-bond acceptors (Lipinski definition) is 2. The number of benzene rings is 1. The number of nitrogens with two attached hydrogens (primary N) is 1. The number of unbranched alkanes of at least 4 members (excludes halogenated alkanes) is 2. The molecule has 0 aromatic heterocycles. The van der Waals surface area contributed by atoms with Crippen LogP contribution in [0.2, 0.25) is 0 Å². The topological polar surface area (TPSA) is 55.1 Å². The summed E-state index contributed by atoms with van der Waals surface area (Å²) in [6.45, 7) is 7.27. The number of rotatable bonds is 7. The van der Waals surface area contributed by atoms with Gasteiger partial charge in [0.25, 0.3) is 5.91 Å². The highest BCUT2D eigenvalue weighted by Crippen LogP contribution is 2.23. The second-order valence-corrected chi connectivity index (χ2v) is 6.99. The number of halogens is 1. The van der Waals surface area contributed by atoms with Gasteiger partial charge in [-0.15, -0.1) is 0 Å². The van der Waals surface area contributed by atoms with Crippen LogP contribution in [0, 0.1) is 5.41 Å². The largest absolute Gasteiger partial charge is 0.399 e. The molecule has 0 aliphatic rings. The molecule has 1 aromatic rings. The Morgan fingerprint density at radius 1 is 1.30 bits per heavy atom. The molecular weight excluding hydrogens is 316 g/mol. The first-order chi connectivity index (χ1) is 9.34. The van der Waals surface area contributed by atoms with Crippen LogP contribution in [0.15, 0.2) is 22.7 Å². The predicted molar refractivity (Wildman–Crippen MR) is 88.8 cm³/mol. The fraction of sp³-hybridized carbons (Fsp3) is 0.562. The van der Waals surface area contributed by atoms with Gasteiger partial charge in [-0.05, 0) is 30.0 Å². The van der Waals surface area contributed by atoms with Crippen LogP contribution < -0.4 is 11.1 Å². The summed E-state index contributed by atoms with van der Waals surface area (Å²) >= 11 is 3.35. The van der Waals surface area contributed by atoms with Crippen molar-refractivity contribution in [2.24, 2.45) is 5.41 Å². The molecule has 4 heteroatoms. The molecule has 3 N–H and O–H groups in total. The number of carbonyl (C=O) groups excluding carboxylic acids is 1. The van der Waals surface area contributed by atoms with Crippen LogP contribution in [-0.2, 0) is 0 Å². The number of amides is 1. The maximum atomic E-state index is 12.1. The van der Waals surface area contributed by atoms with Gasteiger partial charge < -0.3 is 11.1 Å². The molecule has 0 heterocycles. The third kappa shape index (κ3) is 5.95. The van der Waals surface area contributed by atoms with Gasteiger partial charge in [-0.2, -0.15) is 0 Å². The first-order valence-corrected chi connectivity index (χ1v) is 7.97. The normalized spacial score (nSPS) is 11.4. The van der Waals surface area contributed by atoms with Gasteiger partial charge in [-0.3, -0.25) is 4.79 Å². The van der Waals surface area contributed by atoms with Crippen molar-refractivity contribution in [3.05, 3.63) is 28.2 Å². The standard InChI is InChI=1S/C16H25BrN2O/c1-4-5-6-7-16(2,3)11-19-15(20)12-8-13(17)10-14(18)9-12/h8-10H,4-7,11,18H2,1-3H3,(H,19,20). The Balaban J connectivity index is 2.53. The zero-order chi connectivity index (χ0) is 15.2. The van der Waals surface area contributed by atoms with Gasteiger partial charge in [0, 0.05) is 22.3 Å². The minimum atomic E-state index is -0.0680. The highest BCUT2D eigenvalue weighted by molar-refractivity contribution is 9.10. The second-order valence-electron chi connectivity index (χ2n) is 6.08. The molecule has 3 nitrogen and oxygen atoms in total. The molecule has 20 heavy (non-hydrogen) atoms. The van der Waals surface area contributed by atoms with Crippen molar-refractivity contribution in [1.82, 2.24) is 5.32 Å². The highest BCUT2D eigenvalue weighted by Gasteiger charge is 2.19. The Morgan fingerprint density at radius 3 is 2.60 bits per heavy atom.